The number of nitrogens with one attached hydrogen (secondary N) is 1. The first-order valence-electron chi connectivity index (χ1n) is 4.35. The van der Waals surface area contributed by atoms with E-state index in [1.807, 2.05) is 6.92 Å². The fraction of sp³-hybridized carbons (Fsp3) is 0.750. The molecule has 0 aliphatic rings. The van der Waals surface area contributed by atoms with Gasteiger partial charge in [0.15, 0.2) is 0 Å². The summed E-state index contributed by atoms with van der Waals surface area (Å²) in [6.45, 7) is 2.87. The Morgan fingerprint density at radius 1 is 1.50 bits per heavy atom. The molecule has 2 amide bonds. The van der Waals surface area contributed by atoms with E-state index in [0.717, 1.165) is 0 Å². The molecule has 0 saturated carbocycles. The second-order valence-electron chi connectivity index (χ2n) is 2.62. The van der Waals surface area contributed by atoms with Crippen LogP contribution in [0.2, 0.25) is 0 Å². The first-order valence-corrected chi connectivity index (χ1v) is 4.35. The summed E-state index contributed by atoms with van der Waals surface area (Å²) in [7, 11) is 1.54. The van der Waals surface area contributed by atoms with Gasteiger partial charge in [-0.25, -0.2) is 4.79 Å². The van der Waals surface area contributed by atoms with Gasteiger partial charge in [-0.1, -0.05) is 0 Å². The first kappa shape index (κ1) is 12.7. The van der Waals surface area contributed by atoms with E-state index in [9.17, 15) is 9.59 Å². The lowest BCUT2D eigenvalue weighted by Gasteiger charge is -2.20. The molecule has 0 unspecified atom stereocenters. The van der Waals surface area contributed by atoms with Crippen molar-refractivity contribution in [3.63, 3.8) is 0 Å². The Bertz CT molecular complexity index is 196. The number of likely N-dealkylation sites (N-methyl/N-ethyl adjacent to an activating group) is 1. The van der Waals surface area contributed by atoms with E-state index in [4.69, 9.17) is 9.84 Å². The maximum absolute atomic E-state index is 11.3. The number of hydrogen-bond acceptors (Lipinski definition) is 3. The zero-order valence-corrected chi connectivity index (χ0v) is 8.45. The largest absolute Gasteiger partial charge is 0.480 e. The van der Waals surface area contributed by atoms with Gasteiger partial charge in [-0.2, -0.15) is 0 Å². The van der Waals surface area contributed by atoms with Gasteiger partial charge in [0, 0.05) is 20.2 Å². The highest BCUT2D eigenvalue weighted by atomic mass is 16.5. The molecule has 0 aromatic carbocycles. The van der Waals surface area contributed by atoms with Crippen molar-refractivity contribution in [3.8, 4) is 0 Å². The fourth-order valence-electron chi connectivity index (χ4n) is 0.868. The van der Waals surface area contributed by atoms with E-state index in [-0.39, 0.29) is 12.6 Å². The highest BCUT2D eigenvalue weighted by molar-refractivity contribution is 5.79. The van der Waals surface area contributed by atoms with Crippen molar-refractivity contribution in [1.82, 2.24) is 10.2 Å². The minimum absolute atomic E-state index is 0.359. The van der Waals surface area contributed by atoms with Crippen molar-refractivity contribution in [1.29, 1.82) is 0 Å². The van der Waals surface area contributed by atoms with Gasteiger partial charge >= 0.3 is 12.0 Å². The number of carbonyl (C=O) groups excluding carboxylic acids is 1. The van der Waals surface area contributed by atoms with E-state index >= 15 is 0 Å². The van der Waals surface area contributed by atoms with Crippen molar-refractivity contribution in [2.45, 2.75) is 6.92 Å². The maximum atomic E-state index is 11.3. The number of carboxylic acids is 1. The molecule has 0 aromatic heterocycles. The van der Waals surface area contributed by atoms with Crippen LogP contribution in [0.1, 0.15) is 6.92 Å². The SMILES string of the molecule is CCN(CCOC)C(=O)NCC(=O)O. The number of methoxy groups -OCH3 is 1. The van der Waals surface area contributed by atoms with Gasteiger partial charge in [-0.05, 0) is 6.92 Å². The van der Waals surface area contributed by atoms with E-state index in [0.29, 0.717) is 19.7 Å². The highest BCUT2D eigenvalue weighted by Crippen LogP contribution is 1.88. The van der Waals surface area contributed by atoms with Crippen LogP contribution in [0.3, 0.4) is 0 Å². The van der Waals surface area contributed by atoms with Gasteiger partial charge in [0.1, 0.15) is 6.54 Å². The van der Waals surface area contributed by atoms with Crippen molar-refractivity contribution < 1.29 is 19.4 Å². The van der Waals surface area contributed by atoms with Gasteiger partial charge in [0.25, 0.3) is 0 Å². The van der Waals surface area contributed by atoms with Crippen molar-refractivity contribution in [2.75, 3.05) is 33.4 Å². The second-order valence-corrected chi connectivity index (χ2v) is 2.62. The van der Waals surface area contributed by atoms with Crippen LogP contribution < -0.4 is 5.32 Å². The van der Waals surface area contributed by atoms with E-state index in [1.165, 1.54) is 4.90 Å². The molecular formula is C8H16N2O4. The molecule has 0 saturated heterocycles. The van der Waals surface area contributed by atoms with Gasteiger partial charge < -0.3 is 20.1 Å². The molecule has 6 heteroatoms. The summed E-state index contributed by atoms with van der Waals surface area (Å²) >= 11 is 0. The minimum Gasteiger partial charge on any atom is -0.480 e. The summed E-state index contributed by atoms with van der Waals surface area (Å²) in [6, 6.07) is -0.382. The average molecular weight is 204 g/mol. The molecule has 0 radical (unpaired) electrons. The molecule has 0 spiro atoms. The Kier molecular flexibility index (Phi) is 6.47. The monoisotopic (exact) mass is 204 g/mol. The number of ether oxygens (including phenoxy) is 1. The van der Waals surface area contributed by atoms with E-state index in [1.54, 1.807) is 7.11 Å². The quantitative estimate of drug-likeness (QED) is 0.625. The second kappa shape index (κ2) is 7.14. The third-order valence-corrected chi connectivity index (χ3v) is 1.63. The number of nitrogens with zero attached hydrogens (tertiary/aromatic N) is 1. The molecule has 0 aliphatic carbocycles. The zero-order valence-electron chi connectivity index (χ0n) is 8.45. The minimum atomic E-state index is -1.05. The van der Waals surface area contributed by atoms with Crippen molar-refractivity contribution >= 4 is 12.0 Å². The van der Waals surface area contributed by atoms with Crippen LogP contribution >= 0.6 is 0 Å². The smallest absolute Gasteiger partial charge is 0.323 e. The molecule has 0 bridgehead atoms. The number of carbonyl (C=O) groups is 2. The topological polar surface area (TPSA) is 78.9 Å². The van der Waals surface area contributed by atoms with Crippen LogP contribution in [0.5, 0.6) is 0 Å². The Labute approximate surface area is 82.8 Å². The van der Waals surface area contributed by atoms with Crippen molar-refractivity contribution in [2.24, 2.45) is 0 Å². The van der Waals surface area contributed by atoms with E-state index in [2.05, 4.69) is 5.32 Å². The van der Waals surface area contributed by atoms with E-state index < -0.39 is 5.97 Å². The maximum Gasteiger partial charge on any atom is 0.323 e. The third kappa shape index (κ3) is 5.36. The Morgan fingerprint density at radius 2 is 2.14 bits per heavy atom. The molecule has 0 atom stereocenters. The molecule has 6 nitrogen and oxygen atoms in total. The number of amides is 2. The van der Waals surface area contributed by atoms with Gasteiger partial charge in [0.2, 0.25) is 0 Å². The lowest BCUT2D eigenvalue weighted by atomic mass is 10.5. The van der Waals surface area contributed by atoms with Crippen molar-refractivity contribution in [3.05, 3.63) is 0 Å². The number of rotatable bonds is 6. The predicted octanol–water partition coefficient (Wildman–Crippen LogP) is -0.251. The highest BCUT2D eigenvalue weighted by Gasteiger charge is 2.11. The van der Waals surface area contributed by atoms with Crippen LogP contribution in [0.4, 0.5) is 4.79 Å². The summed E-state index contributed by atoms with van der Waals surface area (Å²) in [5, 5.41) is 10.6. The molecule has 0 rings (SSSR count). The van der Waals surface area contributed by atoms with Crippen LogP contribution in [0.25, 0.3) is 0 Å². The van der Waals surface area contributed by atoms with Crippen LogP contribution in [0.15, 0.2) is 0 Å². The van der Waals surface area contributed by atoms with Crippen LogP contribution in [0, 0.1) is 0 Å². The number of hydrogen-bond donors (Lipinski definition) is 2. The zero-order chi connectivity index (χ0) is 11.0. The normalized spacial score (nSPS) is 9.57. The third-order valence-electron chi connectivity index (χ3n) is 1.63. The van der Waals surface area contributed by atoms with Gasteiger partial charge in [0.05, 0.1) is 6.61 Å². The summed E-state index contributed by atoms with van der Waals surface area (Å²) in [4.78, 5) is 22.9. The Hall–Kier alpha value is -1.30. The summed E-state index contributed by atoms with van der Waals surface area (Å²) in [5.41, 5.74) is 0. The predicted molar refractivity (Wildman–Crippen MR) is 50.2 cm³/mol. The number of carboxylic acid groups (broad SMARTS) is 1. The molecule has 0 fully saturated rings. The van der Waals surface area contributed by atoms with Gasteiger partial charge in [-0.15, -0.1) is 0 Å². The molecule has 82 valence electrons. The fourth-order valence-corrected chi connectivity index (χ4v) is 0.868. The molecule has 0 aliphatic heterocycles. The molecule has 14 heavy (non-hydrogen) atoms. The average Bonchev–Trinajstić information content (AvgIpc) is 2.16. The summed E-state index contributed by atoms with van der Waals surface area (Å²) < 4.78 is 4.81. The molecular weight excluding hydrogens is 188 g/mol. The lowest BCUT2D eigenvalue weighted by molar-refractivity contribution is -0.135. The standard InChI is InChI=1S/C8H16N2O4/c1-3-10(4-5-14-2)8(13)9-6-7(11)12/h3-6H2,1-2H3,(H,9,13)(H,11,12). The summed E-state index contributed by atoms with van der Waals surface area (Å²) in [6.07, 6.45) is 0. The number of urea groups is 1. The Morgan fingerprint density at radius 3 is 2.57 bits per heavy atom. The Balaban J connectivity index is 3.85. The first-order chi connectivity index (χ1) is 6.61. The number of aliphatic carboxylic acids is 1. The summed E-state index contributed by atoms with van der Waals surface area (Å²) in [5.74, 6) is -1.05. The molecule has 0 aromatic rings. The molecule has 2 N–H and O–H groups in total. The lowest BCUT2D eigenvalue weighted by Crippen LogP contribution is -2.43. The molecule has 0 heterocycles. The van der Waals surface area contributed by atoms with Crippen LogP contribution in [-0.4, -0.2) is 55.4 Å². The van der Waals surface area contributed by atoms with Crippen LogP contribution in [-0.2, 0) is 9.53 Å². The van der Waals surface area contributed by atoms with Gasteiger partial charge in [-0.3, -0.25) is 4.79 Å².